The summed E-state index contributed by atoms with van der Waals surface area (Å²) in [5.41, 5.74) is 5.50. The Morgan fingerprint density at radius 2 is 2.19 bits per heavy atom. The molecular weight excluding hydrogens is 290 g/mol. The molecular formula is C14H23N3O3S. The second-order valence-electron chi connectivity index (χ2n) is 6.08. The molecule has 1 aromatic rings. The molecule has 0 aromatic heterocycles. The molecule has 1 saturated carbocycles. The number of nitrogen functional groups attached to an aromatic ring is 1. The van der Waals surface area contributed by atoms with Gasteiger partial charge in [-0.05, 0) is 37.0 Å². The van der Waals surface area contributed by atoms with E-state index in [1.807, 2.05) is 0 Å². The van der Waals surface area contributed by atoms with E-state index in [9.17, 15) is 13.5 Å². The number of benzene rings is 1. The molecule has 0 radical (unpaired) electrons. The minimum atomic E-state index is -3.86. The van der Waals surface area contributed by atoms with E-state index in [0.29, 0.717) is 36.7 Å². The highest BCUT2D eigenvalue weighted by Crippen LogP contribution is 2.33. The maximum absolute atomic E-state index is 11.6. The lowest BCUT2D eigenvalue weighted by Gasteiger charge is -2.36. The maximum atomic E-state index is 11.6. The van der Waals surface area contributed by atoms with Crippen LogP contribution >= 0.6 is 0 Å². The van der Waals surface area contributed by atoms with E-state index < -0.39 is 15.6 Å². The smallest absolute Gasteiger partial charge is 0.240 e. The van der Waals surface area contributed by atoms with Crippen LogP contribution < -0.4 is 16.2 Å². The normalized spacial score (nSPS) is 26.5. The van der Waals surface area contributed by atoms with Crippen molar-refractivity contribution in [1.29, 1.82) is 0 Å². The van der Waals surface area contributed by atoms with Crippen LogP contribution in [0.15, 0.2) is 23.1 Å². The number of sulfonamides is 1. The molecule has 2 rings (SSSR count). The Balaban J connectivity index is 2.17. The van der Waals surface area contributed by atoms with Gasteiger partial charge in [-0.1, -0.05) is 19.8 Å². The molecule has 6 N–H and O–H groups in total. The Labute approximate surface area is 125 Å². The number of aliphatic hydroxyl groups is 1. The Morgan fingerprint density at radius 3 is 2.81 bits per heavy atom. The van der Waals surface area contributed by atoms with Gasteiger partial charge in [0.05, 0.1) is 11.3 Å². The minimum Gasteiger partial charge on any atom is -0.399 e. The molecule has 6 nitrogen and oxygen atoms in total. The van der Waals surface area contributed by atoms with Crippen molar-refractivity contribution in [3.8, 4) is 0 Å². The van der Waals surface area contributed by atoms with Crippen molar-refractivity contribution in [3.63, 3.8) is 0 Å². The van der Waals surface area contributed by atoms with Crippen LogP contribution in [0.3, 0.4) is 0 Å². The summed E-state index contributed by atoms with van der Waals surface area (Å²) in [6.07, 6.45) is 3.51. The lowest BCUT2D eigenvalue weighted by Crippen LogP contribution is -2.41. The van der Waals surface area contributed by atoms with Crippen molar-refractivity contribution in [3.05, 3.63) is 18.2 Å². The minimum absolute atomic E-state index is 0.0463. The molecule has 0 aliphatic heterocycles. The van der Waals surface area contributed by atoms with Crippen LogP contribution in [0.1, 0.15) is 32.6 Å². The third kappa shape index (κ3) is 4.09. The SMILES string of the molecule is CC1CCCC(O)(CNc2ccc(N)cc2S(N)(=O)=O)C1. The highest BCUT2D eigenvalue weighted by molar-refractivity contribution is 7.89. The van der Waals surface area contributed by atoms with Crippen molar-refractivity contribution in [2.24, 2.45) is 11.1 Å². The number of anilines is 2. The van der Waals surface area contributed by atoms with Gasteiger partial charge in [-0.15, -0.1) is 0 Å². The van der Waals surface area contributed by atoms with Crippen molar-refractivity contribution < 1.29 is 13.5 Å². The first-order chi connectivity index (χ1) is 9.70. The van der Waals surface area contributed by atoms with E-state index in [1.54, 1.807) is 12.1 Å². The van der Waals surface area contributed by atoms with Gasteiger partial charge in [-0.3, -0.25) is 0 Å². The topological polar surface area (TPSA) is 118 Å². The number of nitrogens with two attached hydrogens (primary N) is 2. The fourth-order valence-electron chi connectivity index (χ4n) is 2.97. The summed E-state index contributed by atoms with van der Waals surface area (Å²) < 4.78 is 23.2. The van der Waals surface area contributed by atoms with Gasteiger partial charge in [0, 0.05) is 12.2 Å². The van der Waals surface area contributed by atoms with Gasteiger partial charge < -0.3 is 16.2 Å². The summed E-state index contributed by atoms with van der Waals surface area (Å²) in [6.45, 7) is 2.41. The van der Waals surface area contributed by atoms with Crippen LogP contribution in [0.5, 0.6) is 0 Å². The van der Waals surface area contributed by atoms with Gasteiger partial charge in [-0.25, -0.2) is 13.6 Å². The van der Waals surface area contributed by atoms with Crippen LogP contribution in [0.25, 0.3) is 0 Å². The van der Waals surface area contributed by atoms with Gasteiger partial charge in [-0.2, -0.15) is 0 Å². The molecule has 0 saturated heterocycles. The zero-order valence-corrected chi connectivity index (χ0v) is 13.0. The van der Waals surface area contributed by atoms with Crippen molar-refractivity contribution >= 4 is 21.4 Å². The molecule has 1 aromatic carbocycles. The molecule has 1 aliphatic rings. The van der Waals surface area contributed by atoms with Crippen LogP contribution in [-0.4, -0.2) is 25.7 Å². The molecule has 21 heavy (non-hydrogen) atoms. The average molecular weight is 313 g/mol. The predicted octanol–water partition coefficient (Wildman–Crippen LogP) is 1.27. The predicted molar refractivity (Wildman–Crippen MR) is 83.3 cm³/mol. The number of primary sulfonamides is 1. The van der Waals surface area contributed by atoms with Gasteiger partial charge in [0.1, 0.15) is 4.90 Å². The standard InChI is InChI=1S/C14H23N3O3S/c1-10-3-2-6-14(18,8-10)9-17-12-5-4-11(15)7-13(12)21(16,19)20/h4-5,7,10,17-18H,2-3,6,8-9,15H2,1H3,(H2,16,19,20). The van der Waals surface area contributed by atoms with E-state index >= 15 is 0 Å². The van der Waals surface area contributed by atoms with E-state index in [0.717, 1.165) is 12.8 Å². The molecule has 2 unspecified atom stereocenters. The summed E-state index contributed by atoms with van der Waals surface area (Å²) in [7, 11) is -3.86. The Bertz CT molecular complexity index is 618. The van der Waals surface area contributed by atoms with Crippen LogP contribution in [0.2, 0.25) is 0 Å². The molecule has 7 heteroatoms. The van der Waals surface area contributed by atoms with Crippen molar-refractivity contribution in [1.82, 2.24) is 0 Å². The monoisotopic (exact) mass is 313 g/mol. The second kappa shape index (κ2) is 5.82. The fourth-order valence-corrected chi connectivity index (χ4v) is 3.72. The summed E-state index contributed by atoms with van der Waals surface area (Å²) in [5.74, 6) is 0.467. The molecule has 0 bridgehead atoms. The highest BCUT2D eigenvalue weighted by atomic mass is 32.2. The second-order valence-corrected chi connectivity index (χ2v) is 7.61. The third-order valence-corrected chi connectivity index (χ3v) is 4.94. The van der Waals surface area contributed by atoms with E-state index in [1.165, 1.54) is 6.07 Å². The first kappa shape index (κ1) is 16.1. The average Bonchev–Trinajstić information content (AvgIpc) is 2.36. The van der Waals surface area contributed by atoms with E-state index in [4.69, 9.17) is 10.9 Å². The number of nitrogens with one attached hydrogen (secondary N) is 1. The molecule has 118 valence electrons. The molecule has 1 aliphatic carbocycles. The quantitative estimate of drug-likeness (QED) is 0.624. The fraction of sp³-hybridized carbons (Fsp3) is 0.571. The Morgan fingerprint density at radius 1 is 1.48 bits per heavy atom. The molecule has 0 heterocycles. The van der Waals surface area contributed by atoms with Crippen LogP contribution in [-0.2, 0) is 10.0 Å². The molecule has 0 amide bonds. The molecule has 0 spiro atoms. The van der Waals surface area contributed by atoms with Crippen LogP contribution in [0.4, 0.5) is 11.4 Å². The van der Waals surface area contributed by atoms with Gasteiger partial charge in [0.15, 0.2) is 0 Å². The Hall–Kier alpha value is -1.31. The third-order valence-electron chi connectivity index (χ3n) is 3.99. The zero-order chi connectivity index (χ0) is 15.7. The van der Waals surface area contributed by atoms with E-state index in [-0.39, 0.29) is 4.90 Å². The first-order valence-corrected chi connectivity index (χ1v) is 8.63. The summed E-state index contributed by atoms with van der Waals surface area (Å²) in [5, 5.41) is 18.8. The number of rotatable bonds is 4. The lowest BCUT2D eigenvalue weighted by molar-refractivity contribution is -0.000805. The number of hydrogen-bond donors (Lipinski definition) is 4. The zero-order valence-electron chi connectivity index (χ0n) is 12.2. The largest absolute Gasteiger partial charge is 0.399 e. The molecule has 1 fully saturated rings. The van der Waals surface area contributed by atoms with Crippen LogP contribution in [0, 0.1) is 5.92 Å². The van der Waals surface area contributed by atoms with Crippen molar-refractivity contribution in [2.75, 3.05) is 17.6 Å². The van der Waals surface area contributed by atoms with Gasteiger partial charge >= 0.3 is 0 Å². The summed E-state index contributed by atoms with van der Waals surface area (Å²) in [6, 6.07) is 4.50. The van der Waals surface area contributed by atoms with Gasteiger partial charge in [0.2, 0.25) is 10.0 Å². The summed E-state index contributed by atoms with van der Waals surface area (Å²) in [4.78, 5) is -0.0463. The first-order valence-electron chi connectivity index (χ1n) is 7.08. The van der Waals surface area contributed by atoms with E-state index in [2.05, 4.69) is 12.2 Å². The highest BCUT2D eigenvalue weighted by Gasteiger charge is 2.32. The maximum Gasteiger partial charge on any atom is 0.240 e. The molecule has 2 atom stereocenters. The Kier molecular flexibility index (Phi) is 4.46. The summed E-state index contributed by atoms with van der Waals surface area (Å²) >= 11 is 0. The lowest BCUT2D eigenvalue weighted by atomic mass is 9.79. The number of hydrogen-bond acceptors (Lipinski definition) is 5. The van der Waals surface area contributed by atoms with Crippen molar-refractivity contribution in [2.45, 2.75) is 43.1 Å². The van der Waals surface area contributed by atoms with Gasteiger partial charge in [0.25, 0.3) is 0 Å².